The number of aromatic hydroxyl groups is 1. The molecule has 0 radical (unpaired) electrons. The number of phenolic OH excluding ortho intramolecular Hbond substituents is 1. The van der Waals surface area contributed by atoms with Gasteiger partial charge in [-0.05, 0) is 72.9 Å². The second kappa shape index (κ2) is 14.2. The Morgan fingerprint density at radius 2 is 1.58 bits per heavy atom. The van der Waals surface area contributed by atoms with E-state index in [4.69, 9.17) is 23.2 Å². The number of nitrogens with one attached hydrogen (secondary N) is 1. The van der Waals surface area contributed by atoms with Gasteiger partial charge in [0.15, 0.2) is 5.82 Å². The zero-order valence-corrected chi connectivity index (χ0v) is 31.5. The van der Waals surface area contributed by atoms with Gasteiger partial charge in [-0.25, -0.2) is 4.98 Å². The molecular formula is C39H25Cl2F6N5O8. The number of pyridine rings is 1. The first-order valence-electron chi connectivity index (χ1n) is 17.8. The van der Waals surface area contributed by atoms with E-state index in [0.29, 0.717) is 17.3 Å². The fourth-order valence-electron chi connectivity index (χ4n) is 9.07. The van der Waals surface area contributed by atoms with Crippen LogP contribution >= 0.6 is 23.2 Å². The van der Waals surface area contributed by atoms with Crippen molar-refractivity contribution >= 4 is 64.0 Å². The summed E-state index contributed by atoms with van der Waals surface area (Å²) in [5.74, 6) is -12.1. The van der Waals surface area contributed by atoms with Crippen molar-refractivity contribution in [3.05, 3.63) is 127 Å². The molecule has 60 heavy (non-hydrogen) atoms. The maximum absolute atomic E-state index is 15.3. The number of alkyl halides is 6. The van der Waals surface area contributed by atoms with E-state index >= 15 is 4.79 Å². The monoisotopic (exact) mass is 875 g/mol. The Hall–Kier alpha value is -6.21. The number of carbonyl (C=O) groups is 4. The number of non-ortho nitro benzene ring substituents is 1. The Kier molecular flexibility index (Phi) is 9.61. The van der Waals surface area contributed by atoms with Crippen molar-refractivity contribution in [2.24, 2.45) is 23.7 Å². The van der Waals surface area contributed by atoms with Crippen LogP contribution in [0.25, 0.3) is 0 Å². The number of amides is 4. The van der Waals surface area contributed by atoms with Crippen LogP contribution in [0.5, 0.6) is 11.5 Å². The third kappa shape index (κ3) is 6.46. The maximum atomic E-state index is 15.3. The number of hydrogen-bond acceptors (Lipinski definition) is 10. The average molecular weight is 877 g/mol. The number of allylic oxidation sites excluding steroid dienone is 2. The van der Waals surface area contributed by atoms with Gasteiger partial charge in [-0.1, -0.05) is 47.0 Å². The van der Waals surface area contributed by atoms with Gasteiger partial charge in [0.2, 0.25) is 11.8 Å². The Bertz CT molecular complexity index is 2540. The standard InChI is InChI=1S/C39H25Cl2F6N5O8/c40-19-3-1-17(2-4-19)37-27(34(55)51(36(37)57)49-32-28(41)13-18(16-48-32)38(42,43)44)15-25-23(31(37)26-14-22(9-12-29(26)53)60-39(45,46)47)10-11-24-30(25)35(56)50(33(24)54)20-5-7-21(8-6-20)52(58)59/h1-10,12-14,16,24-25,27,30-31,53H,11,15H2,(H,48,49)/t24-,25+,27-,30-,31+,37+/m0/s1. The summed E-state index contributed by atoms with van der Waals surface area (Å²) in [6.07, 6.45) is -8.65. The molecule has 2 aliphatic heterocycles. The number of carbonyl (C=O) groups excluding carboxylic acids is 4. The summed E-state index contributed by atoms with van der Waals surface area (Å²) in [5, 5.41) is 22.8. The van der Waals surface area contributed by atoms with E-state index in [9.17, 15) is 55.9 Å². The molecule has 310 valence electrons. The van der Waals surface area contributed by atoms with Crippen molar-refractivity contribution in [3.63, 3.8) is 0 Å². The maximum Gasteiger partial charge on any atom is 0.573 e. The van der Waals surface area contributed by atoms with E-state index in [0.717, 1.165) is 35.2 Å². The van der Waals surface area contributed by atoms with Crippen LogP contribution in [0.15, 0.2) is 90.6 Å². The summed E-state index contributed by atoms with van der Waals surface area (Å²) in [7, 11) is 0. The highest BCUT2D eigenvalue weighted by molar-refractivity contribution is 6.33. The van der Waals surface area contributed by atoms with Gasteiger partial charge in [0.1, 0.15) is 11.5 Å². The predicted molar refractivity (Wildman–Crippen MR) is 197 cm³/mol. The van der Waals surface area contributed by atoms with Gasteiger partial charge in [0, 0.05) is 34.8 Å². The molecule has 21 heteroatoms. The van der Waals surface area contributed by atoms with Crippen LogP contribution in [-0.4, -0.2) is 50.0 Å². The minimum absolute atomic E-state index is 0.00693. The zero-order valence-electron chi connectivity index (χ0n) is 30.0. The van der Waals surface area contributed by atoms with Gasteiger partial charge in [0.05, 0.1) is 44.4 Å². The molecule has 2 aliphatic carbocycles. The van der Waals surface area contributed by atoms with Crippen molar-refractivity contribution < 1.29 is 60.3 Å². The molecule has 3 heterocycles. The van der Waals surface area contributed by atoms with E-state index in [1.807, 2.05) is 0 Å². The number of hydrazine groups is 1. The summed E-state index contributed by atoms with van der Waals surface area (Å²) >= 11 is 12.4. The lowest BCUT2D eigenvalue weighted by molar-refractivity contribution is -0.384. The van der Waals surface area contributed by atoms with E-state index in [1.165, 1.54) is 42.5 Å². The number of ether oxygens (including phenoxy) is 1. The van der Waals surface area contributed by atoms with Crippen LogP contribution in [0.1, 0.15) is 35.4 Å². The Balaban J connectivity index is 1.32. The summed E-state index contributed by atoms with van der Waals surface area (Å²) < 4.78 is 85.6. The zero-order chi connectivity index (χ0) is 43.2. The molecule has 0 bridgehead atoms. The first-order chi connectivity index (χ1) is 28.2. The first-order valence-corrected chi connectivity index (χ1v) is 18.5. The van der Waals surface area contributed by atoms with Gasteiger partial charge in [-0.2, -0.15) is 18.2 Å². The van der Waals surface area contributed by atoms with Crippen LogP contribution in [0, 0.1) is 33.8 Å². The molecule has 4 amide bonds. The number of phenols is 1. The largest absolute Gasteiger partial charge is 0.573 e. The fraction of sp³-hybridized carbons (Fsp3) is 0.256. The quantitative estimate of drug-likeness (QED) is 0.0608. The lowest BCUT2D eigenvalue weighted by Crippen LogP contribution is -2.53. The molecule has 1 saturated carbocycles. The topological polar surface area (TPSA) is 172 Å². The Labute approximate surface area is 343 Å². The van der Waals surface area contributed by atoms with Crippen molar-refractivity contribution in [1.82, 2.24) is 9.99 Å². The number of imide groups is 2. The molecule has 8 rings (SSSR count). The van der Waals surface area contributed by atoms with Crippen molar-refractivity contribution in [2.75, 3.05) is 10.3 Å². The third-order valence-electron chi connectivity index (χ3n) is 11.4. The minimum atomic E-state index is -5.22. The number of nitro groups is 1. The number of hydrogen-bond donors (Lipinski definition) is 2. The van der Waals surface area contributed by atoms with Crippen LogP contribution in [0.2, 0.25) is 10.0 Å². The number of nitro benzene ring substituents is 1. The van der Waals surface area contributed by atoms with Gasteiger partial charge in [-0.15, -0.1) is 13.2 Å². The molecule has 3 fully saturated rings. The average Bonchev–Trinajstić information content (AvgIpc) is 3.56. The van der Waals surface area contributed by atoms with E-state index in [-0.39, 0.29) is 45.9 Å². The lowest BCUT2D eigenvalue weighted by atomic mass is 9.49. The molecule has 4 aromatic rings. The van der Waals surface area contributed by atoms with E-state index in [1.54, 1.807) is 0 Å². The molecule has 2 saturated heterocycles. The van der Waals surface area contributed by atoms with Crippen molar-refractivity contribution in [1.29, 1.82) is 0 Å². The van der Waals surface area contributed by atoms with Crippen LogP contribution in [-0.2, 0) is 30.8 Å². The highest BCUT2D eigenvalue weighted by Crippen LogP contribution is 2.65. The molecular weight excluding hydrogens is 851 g/mol. The Morgan fingerprint density at radius 1 is 0.900 bits per heavy atom. The lowest BCUT2D eigenvalue weighted by Gasteiger charge is -2.50. The molecule has 2 N–H and O–H groups in total. The number of fused-ring (bicyclic) bond motifs is 4. The second-order valence-electron chi connectivity index (χ2n) is 14.5. The molecule has 0 unspecified atom stereocenters. The van der Waals surface area contributed by atoms with Gasteiger partial charge >= 0.3 is 12.5 Å². The van der Waals surface area contributed by atoms with Crippen LogP contribution < -0.4 is 15.1 Å². The van der Waals surface area contributed by atoms with Crippen molar-refractivity contribution in [3.8, 4) is 11.5 Å². The molecule has 0 spiro atoms. The third-order valence-corrected chi connectivity index (χ3v) is 12.0. The van der Waals surface area contributed by atoms with Gasteiger partial charge in [0.25, 0.3) is 17.5 Å². The number of anilines is 2. The molecule has 4 aliphatic rings. The number of aromatic nitrogens is 1. The number of nitrogens with zero attached hydrogens (tertiary/aromatic N) is 4. The van der Waals surface area contributed by atoms with Gasteiger partial charge < -0.3 is 9.84 Å². The van der Waals surface area contributed by atoms with E-state index < -0.39 is 104 Å². The summed E-state index contributed by atoms with van der Waals surface area (Å²) in [4.78, 5) is 73.8. The van der Waals surface area contributed by atoms with Crippen LogP contribution in [0.4, 0.5) is 43.5 Å². The van der Waals surface area contributed by atoms with Crippen LogP contribution in [0.3, 0.4) is 0 Å². The number of benzene rings is 3. The second-order valence-corrected chi connectivity index (χ2v) is 15.3. The normalized spacial score (nSPS) is 25.1. The summed E-state index contributed by atoms with van der Waals surface area (Å²) in [6, 6.07) is 13.2. The Morgan fingerprint density at radius 3 is 2.20 bits per heavy atom. The summed E-state index contributed by atoms with van der Waals surface area (Å²) in [5.41, 5.74) is -1.40. The highest BCUT2D eigenvalue weighted by Gasteiger charge is 2.71. The molecule has 6 atom stereocenters. The highest BCUT2D eigenvalue weighted by atomic mass is 35.5. The predicted octanol–water partition coefficient (Wildman–Crippen LogP) is 8.11. The van der Waals surface area contributed by atoms with Crippen molar-refractivity contribution in [2.45, 2.75) is 36.7 Å². The fourth-order valence-corrected chi connectivity index (χ4v) is 9.40. The smallest absolute Gasteiger partial charge is 0.508 e. The summed E-state index contributed by atoms with van der Waals surface area (Å²) in [6.45, 7) is 0. The molecule has 13 nitrogen and oxygen atoms in total. The van der Waals surface area contributed by atoms with E-state index in [2.05, 4.69) is 15.1 Å². The molecule has 3 aromatic carbocycles. The number of halogens is 8. The van der Waals surface area contributed by atoms with Gasteiger partial charge in [-0.3, -0.25) is 39.6 Å². The first kappa shape index (κ1) is 40.6. The SMILES string of the molecule is O=C1[C@@H]2C[C@@H]3C(=CC[C@@H]4C(=O)N(c5ccc([N+](=O)[O-])cc5)C(=O)[C@@H]43)[C@H](c3cc(OC(F)(F)F)ccc3O)[C@]2(c2ccc(Cl)cc2)C(=O)N1Nc1ncc(C(F)(F)F)cc1Cl. The minimum Gasteiger partial charge on any atom is -0.508 e. The molecule has 1 aromatic heterocycles. The number of rotatable bonds is 7.